The van der Waals surface area contributed by atoms with E-state index in [0.717, 1.165) is 11.8 Å². The molecule has 1 rings (SSSR count). The van der Waals surface area contributed by atoms with Crippen LogP contribution < -0.4 is 5.32 Å². The summed E-state index contributed by atoms with van der Waals surface area (Å²) in [4.78, 5) is 2.66. The minimum atomic E-state index is 0.272. The van der Waals surface area contributed by atoms with Gasteiger partial charge in [-0.2, -0.15) is 0 Å². The largest absolute Gasteiger partial charge is 0.312 e. The third kappa shape index (κ3) is 7.38. The Labute approximate surface area is 115 Å². The fourth-order valence-electron chi connectivity index (χ4n) is 2.59. The summed E-state index contributed by atoms with van der Waals surface area (Å²) in [5, 5.41) is 3.65. The molecule has 0 unspecified atom stereocenters. The van der Waals surface area contributed by atoms with Gasteiger partial charge in [-0.25, -0.2) is 0 Å². The molecule has 0 aromatic carbocycles. The van der Waals surface area contributed by atoms with Crippen LogP contribution in [0.2, 0.25) is 0 Å². The second-order valence-electron chi connectivity index (χ2n) is 7.45. The first-order chi connectivity index (χ1) is 8.37. The van der Waals surface area contributed by atoms with E-state index in [2.05, 4.69) is 44.8 Å². The standard InChI is InChI=1S/C16H34N2/c1-14(2)7-6-10-18-11-8-15(9-12-18)13-17-16(3,4)5/h14-15,17H,6-13H2,1-5H3. The molecule has 0 amide bonds. The van der Waals surface area contributed by atoms with Crippen molar-refractivity contribution in [3.05, 3.63) is 0 Å². The fourth-order valence-corrected chi connectivity index (χ4v) is 2.59. The van der Waals surface area contributed by atoms with Crippen LogP contribution in [0.4, 0.5) is 0 Å². The van der Waals surface area contributed by atoms with Crippen LogP contribution in [-0.2, 0) is 0 Å². The molecule has 18 heavy (non-hydrogen) atoms. The molecule has 2 nitrogen and oxygen atoms in total. The van der Waals surface area contributed by atoms with E-state index in [1.54, 1.807) is 0 Å². The van der Waals surface area contributed by atoms with Crippen LogP contribution in [0.1, 0.15) is 60.3 Å². The highest BCUT2D eigenvalue weighted by atomic mass is 15.1. The van der Waals surface area contributed by atoms with Gasteiger partial charge < -0.3 is 10.2 Å². The molecule has 0 bridgehead atoms. The molecule has 1 saturated heterocycles. The summed E-state index contributed by atoms with van der Waals surface area (Å²) in [5.74, 6) is 1.75. The maximum Gasteiger partial charge on any atom is 0.00966 e. The highest BCUT2D eigenvalue weighted by Gasteiger charge is 2.20. The lowest BCUT2D eigenvalue weighted by molar-refractivity contribution is 0.172. The van der Waals surface area contributed by atoms with E-state index in [0.29, 0.717) is 0 Å². The first-order valence-electron chi connectivity index (χ1n) is 7.84. The molecular formula is C16H34N2. The monoisotopic (exact) mass is 254 g/mol. The van der Waals surface area contributed by atoms with E-state index in [1.807, 2.05) is 0 Å². The van der Waals surface area contributed by atoms with E-state index < -0.39 is 0 Å². The molecule has 1 aliphatic rings. The maximum absolute atomic E-state index is 3.65. The number of piperidine rings is 1. The van der Waals surface area contributed by atoms with Gasteiger partial charge in [-0.15, -0.1) is 0 Å². The van der Waals surface area contributed by atoms with Crippen molar-refractivity contribution >= 4 is 0 Å². The molecule has 1 N–H and O–H groups in total. The summed E-state index contributed by atoms with van der Waals surface area (Å²) in [7, 11) is 0. The predicted molar refractivity (Wildman–Crippen MR) is 81.0 cm³/mol. The Kier molecular flexibility index (Phi) is 6.65. The van der Waals surface area contributed by atoms with Gasteiger partial charge in [0.05, 0.1) is 0 Å². The molecule has 0 atom stereocenters. The Balaban J connectivity index is 2.09. The first kappa shape index (κ1) is 16.0. The minimum Gasteiger partial charge on any atom is -0.312 e. The molecule has 1 heterocycles. The highest BCUT2D eigenvalue weighted by Crippen LogP contribution is 2.18. The summed E-state index contributed by atoms with van der Waals surface area (Å²) < 4.78 is 0. The Bertz CT molecular complexity index is 210. The first-order valence-corrected chi connectivity index (χ1v) is 7.84. The van der Waals surface area contributed by atoms with Crippen molar-refractivity contribution in [2.24, 2.45) is 11.8 Å². The Morgan fingerprint density at radius 1 is 1.17 bits per heavy atom. The molecular weight excluding hydrogens is 220 g/mol. The molecule has 108 valence electrons. The van der Waals surface area contributed by atoms with Gasteiger partial charge in [0.25, 0.3) is 0 Å². The van der Waals surface area contributed by atoms with E-state index >= 15 is 0 Å². The van der Waals surface area contributed by atoms with Crippen LogP contribution in [-0.4, -0.2) is 36.6 Å². The average Bonchev–Trinajstić information content (AvgIpc) is 2.26. The van der Waals surface area contributed by atoms with Crippen LogP contribution in [0.25, 0.3) is 0 Å². The van der Waals surface area contributed by atoms with Gasteiger partial charge >= 0.3 is 0 Å². The molecule has 0 spiro atoms. The zero-order valence-electron chi connectivity index (χ0n) is 13.3. The molecule has 1 aliphatic heterocycles. The number of likely N-dealkylation sites (tertiary alicyclic amines) is 1. The van der Waals surface area contributed by atoms with E-state index in [9.17, 15) is 0 Å². The van der Waals surface area contributed by atoms with Crippen molar-refractivity contribution in [1.29, 1.82) is 0 Å². The van der Waals surface area contributed by atoms with Crippen LogP contribution in [0.3, 0.4) is 0 Å². The molecule has 0 saturated carbocycles. The lowest BCUT2D eigenvalue weighted by atomic mass is 9.95. The van der Waals surface area contributed by atoms with E-state index in [-0.39, 0.29) is 5.54 Å². The molecule has 0 aromatic heterocycles. The normalized spacial score (nSPS) is 19.7. The van der Waals surface area contributed by atoms with Crippen LogP contribution in [0, 0.1) is 11.8 Å². The van der Waals surface area contributed by atoms with Gasteiger partial charge in [0.2, 0.25) is 0 Å². The summed E-state index contributed by atoms with van der Waals surface area (Å²) in [6, 6.07) is 0. The smallest absolute Gasteiger partial charge is 0.00966 e. The SMILES string of the molecule is CC(C)CCCN1CCC(CNC(C)(C)C)CC1. The van der Waals surface area contributed by atoms with Gasteiger partial charge in [-0.05, 0) is 84.5 Å². The Morgan fingerprint density at radius 2 is 1.78 bits per heavy atom. The number of rotatable bonds is 6. The highest BCUT2D eigenvalue weighted by molar-refractivity contribution is 4.78. The van der Waals surface area contributed by atoms with Gasteiger partial charge in [0.15, 0.2) is 0 Å². The van der Waals surface area contributed by atoms with E-state index in [4.69, 9.17) is 0 Å². The summed E-state index contributed by atoms with van der Waals surface area (Å²) >= 11 is 0. The van der Waals surface area contributed by atoms with Gasteiger partial charge in [-0.3, -0.25) is 0 Å². The fraction of sp³-hybridized carbons (Fsp3) is 1.00. The third-order valence-electron chi connectivity index (χ3n) is 3.88. The van der Waals surface area contributed by atoms with Gasteiger partial charge in [0, 0.05) is 5.54 Å². The Hall–Kier alpha value is -0.0800. The van der Waals surface area contributed by atoms with Gasteiger partial charge in [-0.1, -0.05) is 13.8 Å². The van der Waals surface area contributed by atoms with Gasteiger partial charge in [0.1, 0.15) is 0 Å². The van der Waals surface area contributed by atoms with Crippen molar-refractivity contribution in [1.82, 2.24) is 10.2 Å². The predicted octanol–water partition coefficient (Wildman–Crippen LogP) is 3.52. The van der Waals surface area contributed by atoms with Crippen molar-refractivity contribution < 1.29 is 0 Å². The molecule has 0 radical (unpaired) electrons. The van der Waals surface area contributed by atoms with Crippen molar-refractivity contribution in [3.8, 4) is 0 Å². The lowest BCUT2D eigenvalue weighted by Gasteiger charge is -2.33. The molecule has 0 aliphatic carbocycles. The zero-order chi connectivity index (χ0) is 13.6. The Morgan fingerprint density at radius 3 is 2.28 bits per heavy atom. The minimum absolute atomic E-state index is 0.272. The topological polar surface area (TPSA) is 15.3 Å². The number of hydrogen-bond acceptors (Lipinski definition) is 2. The quantitative estimate of drug-likeness (QED) is 0.780. The van der Waals surface area contributed by atoms with Crippen LogP contribution in [0.15, 0.2) is 0 Å². The third-order valence-corrected chi connectivity index (χ3v) is 3.88. The maximum atomic E-state index is 3.65. The second-order valence-corrected chi connectivity index (χ2v) is 7.45. The molecule has 2 heteroatoms. The molecule has 0 aromatic rings. The number of nitrogens with zero attached hydrogens (tertiary/aromatic N) is 1. The van der Waals surface area contributed by atoms with Crippen LogP contribution in [0.5, 0.6) is 0 Å². The zero-order valence-corrected chi connectivity index (χ0v) is 13.3. The summed E-state index contributed by atoms with van der Waals surface area (Å²) in [5.41, 5.74) is 0.272. The number of nitrogens with one attached hydrogen (secondary N) is 1. The lowest BCUT2D eigenvalue weighted by Crippen LogP contribution is -2.43. The van der Waals surface area contributed by atoms with Crippen LogP contribution >= 0.6 is 0 Å². The summed E-state index contributed by atoms with van der Waals surface area (Å²) in [6.07, 6.45) is 5.52. The average molecular weight is 254 g/mol. The summed E-state index contributed by atoms with van der Waals surface area (Å²) in [6.45, 7) is 16.6. The van der Waals surface area contributed by atoms with Crippen molar-refractivity contribution in [2.75, 3.05) is 26.2 Å². The van der Waals surface area contributed by atoms with E-state index in [1.165, 1.54) is 51.9 Å². The second kappa shape index (κ2) is 7.49. The van der Waals surface area contributed by atoms with Crippen molar-refractivity contribution in [2.45, 2.75) is 65.8 Å². The number of hydrogen-bond donors (Lipinski definition) is 1. The molecule has 1 fully saturated rings. The van der Waals surface area contributed by atoms with Crippen molar-refractivity contribution in [3.63, 3.8) is 0 Å².